The molecule has 4 rings (SSSR count). The lowest BCUT2D eigenvalue weighted by Gasteiger charge is -2.30. The maximum Gasteiger partial charge on any atom is 0.123 e. The summed E-state index contributed by atoms with van der Waals surface area (Å²) in [6.45, 7) is 6.69. The monoisotopic (exact) mass is 355 g/mol. The van der Waals surface area contributed by atoms with Crippen LogP contribution < -0.4 is 0 Å². The first-order chi connectivity index (χ1) is 12.7. The molecule has 0 unspecified atom stereocenters. The lowest BCUT2D eigenvalue weighted by Crippen LogP contribution is -2.39. The van der Waals surface area contributed by atoms with Crippen LogP contribution in [-0.2, 0) is 4.74 Å². The zero-order valence-corrected chi connectivity index (χ0v) is 14.8. The van der Waals surface area contributed by atoms with Crippen molar-refractivity contribution in [2.45, 2.75) is 13.0 Å². The van der Waals surface area contributed by atoms with Gasteiger partial charge in [-0.15, -0.1) is 0 Å². The lowest BCUT2D eigenvalue weighted by molar-refractivity contribution is 0.0326. The van der Waals surface area contributed by atoms with Crippen LogP contribution in [-0.4, -0.2) is 57.1 Å². The summed E-state index contributed by atoms with van der Waals surface area (Å²) in [5.74, 6) is -0.254. The van der Waals surface area contributed by atoms with Crippen molar-refractivity contribution in [3.8, 4) is 16.9 Å². The fraction of sp³-hybridized carbons (Fsp3) is 0.368. The predicted octanol–water partition coefficient (Wildman–Crippen LogP) is 2.77. The molecule has 2 aromatic heterocycles. The number of halogens is 1. The number of hydrogen-bond acceptors (Lipinski definition) is 4. The Bertz CT molecular complexity index is 851. The average molecular weight is 355 g/mol. The number of rotatable bonds is 5. The van der Waals surface area contributed by atoms with Gasteiger partial charge in [0.2, 0.25) is 0 Å². The first-order valence-corrected chi connectivity index (χ1v) is 8.83. The summed E-state index contributed by atoms with van der Waals surface area (Å²) in [6.07, 6.45) is 7.50. The Hall–Kier alpha value is -2.51. The second-order valence-corrected chi connectivity index (χ2v) is 6.60. The van der Waals surface area contributed by atoms with E-state index in [1.165, 1.54) is 12.1 Å². The van der Waals surface area contributed by atoms with E-state index in [1.807, 2.05) is 24.9 Å². The molecule has 1 fully saturated rings. The Labute approximate surface area is 151 Å². The van der Waals surface area contributed by atoms with E-state index >= 15 is 0 Å². The van der Waals surface area contributed by atoms with Gasteiger partial charge in [-0.25, -0.2) is 14.1 Å². The number of nitrogens with zero attached hydrogens (tertiary/aromatic N) is 5. The van der Waals surface area contributed by atoms with Crippen molar-refractivity contribution in [2.24, 2.45) is 0 Å². The van der Waals surface area contributed by atoms with Crippen LogP contribution in [0.15, 0.2) is 49.2 Å². The Morgan fingerprint density at radius 2 is 1.92 bits per heavy atom. The highest BCUT2D eigenvalue weighted by Gasteiger charge is 2.18. The Balaban J connectivity index is 1.54. The van der Waals surface area contributed by atoms with E-state index in [0.717, 1.165) is 49.8 Å². The van der Waals surface area contributed by atoms with Crippen molar-refractivity contribution < 1.29 is 9.13 Å². The van der Waals surface area contributed by atoms with Gasteiger partial charge in [0, 0.05) is 37.4 Å². The maximum atomic E-state index is 13.1. The normalized spacial score (nSPS) is 16.7. The van der Waals surface area contributed by atoms with Crippen molar-refractivity contribution in [1.82, 2.24) is 24.2 Å². The molecule has 3 heterocycles. The summed E-state index contributed by atoms with van der Waals surface area (Å²) < 4.78 is 22.5. The number of aromatic nitrogens is 4. The molecule has 6 nitrogen and oxygen atoms in total. The van der Waals surface area contributed by atoms with E-state index < -0.39 is 0 Å². The van der Waals surface area contributed by atoms with Crippen molar-refractivity contribution in [3.05, 3.63) is 55.0 Å². The summed E-state index contributed by atoms with van der Waals surface area (Å²) in [4.78, 5) is 6.76. The zero-order chi connectivity index (χ0) is 17.9. The minimum Gasteiger partial charge on any atom is -0.379 e. The van der Waals surface area contributed by atoms with E-state index in [-0.39, 0.29) is 5.82 Å². The molecule has 3 aromatic rings. The van der Waals surface area contributed by atoms with E-state index in [4.69, 9.17) is 4.74 Å². The van der Waals surface area contributed by atoms with Crippen LogP contribution in [0.25, 0.3) is 16.9 Å². The Morgan fingerprint density at radius 1 is 1.15 bits per heavy atom. The molecule has 0 saturated carbocycles. The first kappa shape index (κ1) is 16.9. The van der Waals surface area contributed by atoms with E-state index in [9.17, 15) is 4.39 Å². The third-order valence-electron chi connectivity index (χ3n) is 4.74. The topological polar surface area (TPSA) is 48.1 Å². The van der Waals surface area contributed by atoms with Gasteiger partial charge in [0.25, 0.3) is 0 Å². The SMILES string of the molecule is C[C@H](CN1CCOCC1)n1cncc1-c1cnn(-c2ccc(F)cc2)c1. The smallest absolute Gasteiger partial charge is 0.123 e. The zero-order valence-electron chi connectivity index (χ0n) is 14.8. The summed E-state index contributed by atoms with van der Waals surface area (Å²) in [5.41, 5.74) is 2.84. The molecule has 7 heteroatoms. The van der Waals surface area contributed by atoms with E-state index in [0.29, 0.717) is 6.04 Å². The molecule has 1 atom stereocenters. The molecular weight excluding hydrogens is 333 g/mol. The molecule has 26 heavy (non-hydrogen) atoms. The predicted molar refractivity (Wildman–Crippen MR) is 96.7 cm³/mol. The molecule has 0 bridgehead atoms. The summed E-state index contributed by atoms with van der Waals surface area (Å²) >= 11 is 0. The minimum atomic E-state index is -0.254. The maximum absolute atomic E-state index is 13.1. The molecule has 0 N–H and O–H groups in total. The van der Waals surface area contributed by atoms with Crippen LogP contribution in [0, 0.1) is 5.82 Å². The van der Waals surface area contributed by atoms with Crippen LogP contribution >= 0.6 is 0 Å². The van der Waals surface area contributed by atoms with Crippen LogP contribution in [0.1, 0.15) is 13.0 Å². The standard InChI is InChI=1S/C19H22FN5O/c1-15(12-23-6-8-26-9-7-23)24-14-21-11-19(24)16-10-22-25(13-16)18-4-2-17(20)3-5-18/h2-5,10-11,13-15H,6-9,12H2,1H3/t15-/m1/s1. The fourth-order valence-corrected chi connectivity index (χ4v) is 3.31. The van der Waals surface area contributed by atoms with E-state index in [2.05, 4.69) is 26.5 Å². The third-order valence-corrected chi connectivity index (χ3v) is 4.74. The van der Waals surface area contributed by atoms with Gasteiger partial charge < -0.3 is 9.30 Å². The molecule has 0 spiro atoms. The van der Waals surface area contributed by atoms with Crippen molar-refractivity contribution in [2.75, 3.05) is 32.8 Å². The lowest BCUT2D eigenvalue weighted by atomic mass is 10.2. The number of hydrogen-bond donors (Lipinski definition) is 0. The van der Waals surface area contributed by atoms with Crippen LogP contribution in [0.3, 0.4) is 0 Å². The third kappa shape index (κ3) is 3.54. The van der Waals surface area contributed by atoms with Gasteiger partial charge >= 0.3 is 0 Å². The molecular formula is C19H22FN5O. The Morgan fingerprint density at radius 3 is 2.69 bits per heavy atom. The van der Waals surface area contributed by atoms with Crippen LogP contribution in [0.4, 0.5) is 4.39 Å². The van der Waals surface area contributed by atoms with Crippen LogP contribution in [0.2, 0.25) is 0 Å². The van der Waals surface area contributed by atoms with Gasteiger partial charge in [0.05, 0.1) is 43.3 Å². The fourth-order valence-electron chi connectivity index (χ4n) is 3.31. The highest BCUT2D eigenvalue weighted by molar-refractivity contribution is 5.57. The van der Waals surface area contributed by atoms with E-state index in [1.54, 1.807) is 16.8 Å². The molecule has 0 aliphatic carbocycles. The van der Waals surface area contributed by atoms with Crippen molar-refractivity contribution in [3.63, 3.8) is 0 Å². The largest absolute Gasteiger partial charge is 0.379 e. The molecule has 1 saturated heterocycles. The quantitative estimate of drug-likeness (QED) is 0.706. The van der Waals surface area contributed by atoms with Gasteiger partial charge in [-0.1, -0.05) is 0 Å². The molecule has 136 valence electrons. The first-order valence-electron chi connectivity index (χ1n) is 8.83. The molecule has 1 aliphatic rings. The van der Waals surface area contributed by atoms with Gasteiger partial charge in [0.15, 0.2) is 0 Å². The summed E-state index contributed by atoms with van der Waals surface area (Å²) in [7, 11) is 0. The second-order valence-electron chi connectivity index (χ2n) is 6.60. The highest BCUT2D eigenvalue weighted by atomic mass is 19.1. The average Bonchev–Trinajstić information content (AvgIpc) is 3.32. The van der Waals surface area contributed by atoms with Gasteiger partial charge in [-0.2, -0.15) is 5.10 Å². The second kappa shape index (κ2) is 7.39. The minimum absolute atomic E-state index is 0.254. The van der Waals surface area contributed by atoms with Gasteiger partial charge in [0.1, 0.15) is 5.82 Å². The molecule has 0 amide bonds. The summed E-state index contributed by atoms with van der Waals surface area (Å²) in [5, 5.41) is 4.41. The number of morpholine rings is 1. The highest BCUT2D eigenvalue weighted by Crippen LogP contribution is 2.24. The van der Waals surface area contributed by atoms with Gasteiger partial charge in [-0.3, -0.25) is 4.90 Å². The van der Waals surface area contributed by atoms with Crippen molar-refractivity contribution in [1.29, 1.82) is 0 Å². The van der Waals surface area contributed by atoms with Crippen molar-refractivity contribution >= 4 is 0 Å². The number of imidazole rings is 1. The molecule has 0 radical (unpaired) electrons. The van der Waals surface area contributed by atoms with Gasteiger partial charge in [-0.05, 0) is 31.2 Å². The number of benzene rings is 1. The van der Waals surface area contributed by atoms with Crippen LogP contribution in [0.5, 0.6) is 0 Å². The number of ether oxygens (including phenoxy) is 1. The molecule has 1 aliphatic heterocycles. The summed E-state index contributed by atoms with van der Waals surface area (Å²) in [6, 6.07) is 6.59. The Kier molecular flexibility index (Phi) is 4.81. The molecule has 1 aromatic carbocycles.